The van der Waals surface area contributed by atoms with Crippen molar-refractivity contribution in [3.05, 3.63) is 47.7 Å². The van der Waals surface area contributed by atoms with Gasteiger partial charge in [0.2, 0.25) is 11.8 Å². The number of anilines is 1. The molecule has 1 aromatic heterocycles. The van der Waals surface area contributed by atoms with E-state index in [0.717, 1.165) is 45.4 Å². The molecule has 1 saturated heterocycles. The van der Waals surface area contributed by atoms with Crippen LogP contribution < -0.4 is 10.6 Å². The normalized spacial score (nSPS) is 19.1. The van der Waals surface area contributed by atoms with Gasteiger partial charge in [-0.3, -0.25) is 19.4 Å². The summed E-state index contributed by atoms with van der Waals surface area (Å²) in [7, 11) is 0. The molecule has 4 rings (SSSR count). The summed E-state index contributed by atoms with van der Waals surface area (Å²) in [6.07, 6.45) is 3.14. The van der Waals surface area contributed by atoms with E-state index in [1.807, 2.05) is 18.2 Å². The summed E-state index contributed by atoms with van der Waals surface area (Å²) in [5.74, 6) is 1.07. The molecule has 2 amide bonds. The van der Waals surface area contributed by atoms with Crippen LogP contribution >= 0.6 is 0 Å². The van der Waals surface area contributed by atoms with Crippen molar-refractivity contribution in [2.24, 2.45) is 0 Å². The van der Waals surface area contributed by atoms with Gasteiger partial charge in [0.05, 0.1) is 18.6 Å². The van der Waals surface area contributed by atoms with Crippen LogP contribution in [0.1, 0.15) is 30.6 Å². The van der Waals surface area contributed by atoms with Gasteiger partial charge in [-0.25, -0.2) is 0 Å². The molecule has 1 saturated carbocycles. The van der Waals surface area contributed by atoms with Crippen molar-refractivity contribution >= 4 is 17.6 Å². The molecule has 30 heavy (non-hydrogen) atoms. The predicted molar refractivity (Wildman–Crippen MR) is 113 cm³/mol. The molecule has 0 unspecified atom stereocenters. The molecular weight excluding hydrogens is 382 g/mol. The lowest BCUT2D eigenvalue weighted by Gasteiger charge is -2.43. The van der Waals surface area contributed by atoms with Crippen LogP contribution in [0, 0.1) is 6.92 Å². The number of nitrogens with zero attached hydrogens (tertiary/aromatic N) is 3. The average Bonchev–Trinajstić information content (AvgIpc) is 3.11. The zero-order valence-electron chi connectivity index (χ0n) is 17.4. The Kier molecular flexibility index (Phi) is 6.15. The second kappa shape index (κ2) is 8.97. The van der Waals surface area contributed by atoms with Gasteiger partial charge in [-0.2, -0.15) is 0 Å². The number of hydrogen-bond donors (Lipinski definition) is 2. The minimum absolute atomic E-state index is 0.0751. The van der Waals surface area contributed by atoms with Crippen LogP contribution in [0.3, 0.4) is 0 Å². The van der Waals surface area contributed by atoms with E-state index < -0.39 is 0 Å². The number of aryl methyl sites for hydroxylation is 1. The molecule has 1 aliphatic heterocycles. The van der Waals surface area contributed by atoms with Crippen LogP contribution in [0.4, 0.5) is 5.82 Å². The molecule has 160 valence electrons. The largest absolute Gasteiger partial charge is 0.360 e. The lowest BCUT2D eigenvalue weighted by molar-refractivity contribution is -0.126. The fourth-order valence-corrected chi connectivity index (χ4v) is 4.20. The lowest BCUT2D eigenvalue weighted by Crippen LogP contribution is -2.55. The van der Waals surface area contributed by atoms with Gasteiger partial charge in [-0.15, -0.1) is 0 Å². The maximum Gasteiger partial charge on any atom is 0.239 e. The molecule has 2 aliphatic rings. The number of carbonyl (C=O) groups excluding carboxylic acids is 2. The van der Waals surface area contributed by atoms with Crippen molar-refractivity contribution < 1.29 is 14.1 Å². The van der Waals surface area contributed by atoms with Gasteiger partial charge in [-0.1, -0.05) is 35.5 Å². The van der Waals surface area contributed by atoms with Crippen LogP contribution in [0.15, 0.2) is 40.9 Å². The van der Waals surface area contributed by atoms with Crippen LogP contribution in [0.25, 0.3) is 0 Å². The van der Waals surface area contributed by atoms with Crippen molar-refractivity contribution in [3.63, 3.8) is 0 Å². The Labute approximate surface area is 176 Å². The third-order valence-electron chi connectivity index (χ3n) is 6.01. The van der Waals surface area contributed by atoms with Crippen LogP contribution in [-0.4, -0.2) is 66.0 Å². The Morgan fingerprint density at radius 1 is 1.03 bits per heavy atom. The number of nitrogens with one attached hydrogen (secondary N) is 2. The third-order valence-corrected chi connectivity index (χ3v) is 6.01. The third kappa shape index (κ3) is 4.88. The number of benzene rings is 1. The second-order valence-electron chi connectivity index (χ2n) is 8.27. The molecule has 1 aromatic carbocycles. The molecule has 2 N–H and O–H groups in total. The summed E-state index contributed by atoms with van der Waals surface area (Å²) < 4.78 is 4.96. The van der Waals surface area contributed by atoms with E-state index in [2.05, 4.69) is 37.7 Å². The summed E-state index contributed by atoms with van der Waals surface area (Å²) in [6, 6.07) is 12.0. The number of hydrogen-bond acceptors (Lipinski definition) is 6. The van der Waals surface area contributed by atoms with Crippen LogP contribution in [0.5, 0.6) is 0 Å². The van der Waals surface area contributed by atoms with Crippen LogP contribution in [-0.2, 0) is 15.1 Å². The molecule has 2 fully saturated rings. The fourth-order valence-electron chi connectivity index (χ4n) is 4.20. The Balaban J connectivity index is 1.21. The number of rotatable bonds is 7. The number of aromatic nitrogens is 1. The molecule has 2 aromatic rings. The zero-order chi connectivity index (χ0) is 21.0. The standard InChI is InChI=1S/C22H29N5O3/c1-17-14-19(25-30-17)23-20(28)15-26-10-12-27(13-11-26)16-21(29)24-22(8-5-9-22)18-6-3-2-4-7-18/h2-4,6-7,14H,5,8-13,15-16H2,1H3,(H,24,29)(H,23,25,28). The monoisotopic (exact) mass is 411 g/mol. The van der Waals surface area contributed by atoms with E-state index in [-0.39, 0.29) is 17.4 Å². The molecule has 2 heterocycles. The summed E-state index contributed by atoms with van der Waals surface area (Å²) in [4.78, 5) is 29.1. The molecular formula is C22H29N5O3. The second-order valence-corrected chi connectivity index (χ2v) is 8.27. The zero-order valence-corrected chi connectivity index (χ0v) is 17.4. The van der Waals surface area contributed by atoms with E-state index in [1.54, 1.807) is 13.0 Å². The summed E-state index contributed by atoms with van der Waals surface area (Å²) >= 11 is 0. The Morgan fingerprint density at radius 3 is 2.20 bits per heavy atom. The molecule has 0 bridgehead atoms. The van der Waals surface area contributed by atoms with Gasteiger partial charge in [0, 0.05) is 32.2 Å². The fraction of sp³-hybridized carbons (Fsp3) is 0.500. The van der Waals surface area contributed by atoms with Gasteiger partial charge in [-0.05, 0) is 31.7 Å². The molecule has 0 spiro atoms. The van der Waals surface area contributed by atoms with E-state index in [1.165, 1.54) is 5.56 Å². The first-order chi connectivity index (χ1) is 14.5. The van der Waals surface area contributed by atoms with Gasteiger partial charge < -0.3 is 15.2 Å². The smallest absolute Gasteiger partial charge is 0.239 e. The highest BCUT2D eigenvalue weighted by molar-refractivity contribution is 5.91. The molecule has 8 nitrogen and oxygen atoms in total. The van der Waals surface area contributed by atoms with Crippen molar-refractivity contribution in [1.29, 1.82) is 0 Å². The van der Waals surface area contributed by atoms with Gasteiger partial charge in [0.15, 0.2) is 5.82 Å². The van der Waals surface area contributed by atoms with E-state index >= 15 is 0 Å². The maximum atomic E-state index is 12.7. The SMILES string of the molecule is Cc1cc(NC(=O)CN2CCN(CC(=O)NC3(c4ccccc4)CCC3)CC2)no1. The van der Waals surface area contributed by atoms with Gasteiger partial charge in [0.1, 0.15) is 5.76 Å². The summed E-state index contributed by atoms with van der Waals surface area (Å²) in [5, 5.41) is 9.81. The molecule has 0 atom stereocenters. The minimum Gasteiger partial charge on any atom is -0.360 e. The predicted octanol–water partition coefficient (Wildman–Crippen LogP) is 1.73. The maximum absolute atomic E-state index is 12.7. The first kappa shape index (κ1) is 20.6. The average molecular weight is 412 g/mol. The number of carbonyl (C=O) groups is 2. The highest BCUT2D eigenvalue weighted by atomic mass is 16.5. The Bertz CT molecular complexity index is 870. The number of amides is 2. The lowest BCUT2D eigenvalue weighted by atomic mass is 9.72. The topological polar surface area (TPSA) is 90.7 Å². The van der Waals surface area contributed by atoms with E-state index in [9.17, 15) is 9.59 Å². The highest BCUT2D eigenvalue weighted by Gasteiger charge is 2.40. The van der Waals surface area contributed by atoms with E-state index in [0.29, 0.717) is 24.7 Å². The first-order valence-electron chi connectivity index (χ1n) is 10.6. The highest BCUT2D eigenvalue weighted by Crippen LogP contribution is 2.41. The van der Waals surface area contributed by atoms with Crippen molar-refractivity contribution in [1.82, 2.24) is 20.3 Å². The molecule has 0 radical (unpaired) electrons. The minimum atomic E-state index is -0.197. The summed E-state index contributed by atoms with van der Waals surface area (Å²) in [5.41, 5.74) is 1.00. The Hall–Kier alpha value is -2.71. The Morgan fingerprint density at radius 2 is 1.67 bits per heavy atom. The van der Waals surface area contributed by atoms with Crippen LogP contribution in [0.2, 0.25) is 0 Å². The first-order valence-corrected chi connectivity index (χ1v) is 10.6. The molecule has 1 aliphatic carbocycles. The van der Waals surface area contributed by atoms with Crippen molar-refractivity contribution in [2.45, 2.75) is 31.7 Å². The summed E-state index contributed by atoms with van der Waals surface area (Å²) in [6.45, 7) is 5.52. The molecule has 8 heteroatoms. The van der Waals surface area contributed by atoms with Gasteiger partial charge >= 0.3 is 0 Å². The quantitative estimate of drug-likeness (QED) is 0.721. The van der Waals surface area contributed by atoms with Crippen molar-refractivity contribution in [3.8, 4) is 0 Å². The van der Waals surface area contributed by atoms with Gasteiger partial charge in [0.25, 0.3) is 0 Å². The van der Waals surface area contributed by atoms with E-state index in [4.69, 9.17) is 4.52 Å². The number of piperazine rings is 1. The van der Waals surface area contributed by atoms with Crippen molar-refractivity contribution in [2.75, 3.05) is 44.6 Å².